The van der Waals surface area contributed by atoms with Crippen molar-refractivity contribution in [3.63, 3.8) is 0 Å². The molecule has 1 radical (unpaired) electrons. The lowest BCUT2D eigenvalue weighted by Gasteiger charge is -2.04. The minimum absolute atomic E-state index is 1.12. The van der Waals surface area contributed by atoms with Crippen molar-refractivity contribution in [3.8, 4) is 0 Å². The third kappa shape index (κ3) is 14.4. The summed E-state index contributed by atoms with van der Waals surface area (Å²) in [5.41, 5.74) is 2.59. The van der Waals surface area contributed by atoms with Crippen LogP contribution in [-0.4, -0.2) is 0 Å². The second-order valence-corrected chi connectivity index (χ2v) is 8.22. The smallest absolute Gasteiger partial charge is 0.0238 e. The van der Waals surface area contributed by atoms with E-state index in [-0.39, 0.29) is 0 Å². The summed E-state index contributed by atoms with van der Waals surface area (Å²) in [4.78, 5) is 0. The summed E-state index contributed by atoms with van der Waals surface area (Å²) in [6, 6.07) is 8.72. The van der Waals surface area contributed by atoms with Gasteiger partial charge in [0.2, 0.25) is 0 Å². The van der Waals surface area contributed by atoms with Crippen LogP contribution < -0.4 is 0 Å². The van der Waals surface area contributed by atoms with Crippen molar-refractivity contribution in [2.45, 2.75) is 122 Å². The van der Waals surface area contributed by atoms with Crippen LogP contribution in [0.3, 0.4) is 0 Å². The first-order valence-electron chi connectivity index (χ1n) is 11.7. The van der Waals surface area contributed by atoms with E-state index in [0.717, 1.165) is 5.56 Å². The van der Waals surface area contributed by atoms with Gasteiger partial charge in [0.25, 0.3) is 0 Å². The Kier molecular flexibility index (Phi) is 15.8. The number of rotatable bonds is 18. The van der Waals surface area contributed by atoms with Crippen LogP contribution in [-0.2, 0) is 6.42 Å². The lowest BCUT2D eigenvalue weighted by molar-refractivity contribution is 0.527. The van der Waals surface area contributed by atoms with Crippen LogP contribution >= 0.6 is 0 Å². The Labute approximate surface area is 165 Å². The van der Waals surface area contributed by atoms with Crippen LogP contribution in [0.5, 0.6) is 0 Å². The molecule has 0 heterocycles. The van der Waals surface area contributed by atoms with Gasteiger partial charge in [-0.15, -0.1) is 0 Å². The van der Waals surface area contributed by atoms with Gasteiger partial charge in [-0.25, -0.2) is 0 Å². The summed E-state index contributed by atoms with van der Waals surface area (Å²) in [7, 11) is 0. The molecule has 1 aromatic rings. The van der Waals surface area contributed by atoms with Gasteiger partial charge in [0.15, 0.2) is 0 Å². The van der Waals surface area contributed by atoms with Gasteiger partial charge in [-0.3, -0.25) is 0 Å². The molecule has 0 aliphatic rings. The van der Waals surface area contributed by atoms with Crippen LogP contribution in [0.25, 0.3) is 0 Å². The molecule has 0 N–H and O–H groups in total. The maximum atomic E-state index is 3.94. The Balaban J connectivity index is 1.72. The highest BCUT2D eigenvalue weighted by Gasteiger charge is 1.96. The normalized spacial score (nSPS) is 11.2. The van der Waals surface area contributed by atoms with Crippen molar-refractivity contribution >= 4 is 0 Å². The predicted molar refractivity (Wildman–Crippen MR) is 119 cm³/mol. The van der Waals surface area contributed by atoms with Crippen molar-refractivity contribution in [2.24, 2.45) is 0 Å². The highest BCUT2D eigenvalue weighted by molar-refractivity contribution is 5.24. The molecule has 0 atom stereocenters. The molecule has 0 aromatic heterocycles. The summed E-state index contributed by atoms with van der Waals surface area (Å²) in [5.74, 6) is 0. The molecule has 0 amide bonds. The zero-order valence-corrected chi connectivity index (χ0v) is 17.7. The summed E-state index contributed by atoms with van der Waals surface area (Å²) < 4.78 is 0. The minimum atomic E-state index is 1.12. The number of unbranched alkanes of at least 4 members (excludes halogenated alkanes) is 16. The summed E-state index contributed by atoms with van der Waals surface area (Å²) in [5, 5.41) is 0. The van der Waals surface area contributed by atoms with Gasteiger partial charge in [-0.1, -0.05) is 134 Å². The predicted octanol–water partition coefficient (Wildman–Crippen LogP) is 9.06. The molecule has 0 unspecified atom stereocenters. The fraction of sp³-hybridized carbons (Fsp3) is 0.731. The van der Waals surface area contributed by atoms with E-state index >= 15 is 0 Å². The molecule has 1 rings (SSSR count). The van der Waals surface area contributed by atoms with E-state index < -0.39 is 0 Å². The average molecular weight is 358 g/mol. The van der Waals surface area contributed by atoms with Crippen LogP contribution in [0.15, 0.2) is 24.3 Å². The van der Waals surface area contributed by atoms with Crippen LogP contribution in [0.2, 0.25) is 0 Å². The van der Waals surface area contributed by atoms with Crippen molar-refractivity contribution < 1.29 is 0 Å². The highest BCUT2D eigenvalue weighted by Crippen LogP contribution is 2.15. The Morgan fingerprint density at radius 2 is 0.846 bits per heavy atom. The SMILES string of the molecule is [CH2]c1ccc(CCCCCCCCCCCCCCCCCCC)cc1. The Morgan fingerprint density at radius 3 is 1.23 bits per heavy atom. The molecule has 0 aliphatic heterocycles. The summed E-state index contributed by atoms with van der Waals surface area (Å²) in [6.07, 6.45) is 25.8. The molecule has 0 saturated carbocycles. The number of aryl methyl sites for hydroxylation is 1. The van der Waals surface area contributed by atoms with Crippen molar-refractivity contribution in [1.82, 2.24) is 0 Å². The van der Waals surface area contributed by atoms with E-state index in [1.807, 2.05) is 0 Å². The Morgan fingerprint density at radius 1 is 0.500 bits per heavy atom. The molecular formula is C26H45. The lowest BCUT2D eigenvalue weighted by atomic mass is 10.0. The molecule has 149 valence electrons. The molecule has 0 fully saturated rings. The molecule has 0 spiro atoms. The topological polar surface area (TPSA) is 0 Å². The van der Waals surface area contributed by atoms with Crippen LogP contribution in [0, 0.1) is 6.92 Å². The number of hydrogen-bond donors (Lipinski definition) is 0. The zero-order chi connectivity index (χ0) is 18.7. The van der Waals surface area contributed by atoms with Crippen LogP contribution in [0.4, 0.5) is 0 Å². The largest absolute Gasteiger partial charge is 0.0654 e. The summed E-state index contributed by atoms with van der Waals surface area (Å²) in [6.45, 7) is 6.24. The molecule has 0 bridgehead atoms. The van der Waals surface area contributed by atoms with Gasteiger partial charge in [0, 0.05) is 0 Å². The fourth-order valence-electron chi connectivity index (χ4n) is 3.76. The number of benzene rings is 1. The first-order valence-corrected chi connectivity index (χ1v) is 11.7. The van der Waals surface area contributed by atoms with Crippen LogP contribution in [0.1, 0.15) is 127 Å². The Bertz CT molecular complexity index is 389. The molecular weight excluding hydrogens is 312 g/mol. The van der Waals surface area contributed by atoms with E-state index in [1.165, 1.54) is 121 Å². The standard InChI is InChI=1S/C26H45/c1-3-4-5-6-7-8-9-10-11-12-13-14-15-16-17-18-19-20-26-23-21-25(2)22-24-26/h21-24H,2-20H2,1H3. The monoisotopic (exact) mass is 357 g/mol. The maximum Gasteiger partial charge on any atom is -0.0238 e. The third-order valence-corrected chi connectivity index (χ3v) is 5.59. The average Bonchev–Trinajstić information content (AvgIpc) is 2.66. The zero-order valence-electron chi connectivity index (χ0n) is 17.7. The van der Waals surface area contributed by atoms with Crippen molar-refractivity contribution in [1.29, 1.82) is 0 Å². The third-order valence-electron chi connectivity index (χ3n) is 5.59. The van der Waals surface area contributed by atoms with Gasteiger partial charge >= 0.3 is 0 Å². The minimum Gasteiger partial charge on any atom is -0.0654 e. The molecule has 26 heavy (non-hydrogen) atoms. The molecule has 0 aliphatic carbocycles. The van der Waals surface area contributed by atoms with Gasteiger partial charge in [0.05, 0.1) is 0 Å². The maximum absolute atomic E-state index is 3.94. The first-order chi connectivity index (χ1) is 12.8. The van der Waals surface area contributed by atoms with E-state index in [9.17, 15) is 0 Å². The van der Waals surface area contributed by atoms with Gasteiger partial charge in [-0.05, 0) is 30.9 Å². The van der Waals surface area contributed by atoms with Gasteiger partial charge in [0.1, 0.15) is 0 Å². The van der Waals surface area contributed by atoms with Crippen molar-refractivity contribution in [2.75, 3.05) is 0 Å². The molecule has 1 aromatic carbocycles. The fourth-order valence-corrected chi connectivity index (χ4v) is 3.76. The molecule has 0 saturated heterocycles. The second-order valence-electron chi connectivity index (χ2n) is 8.22. The lowest BCUT2D eigenvalue weighted by Crippen LogP contribution is -1.87. The van der Waals surface area contributed by atoms with Gasteiger partial charge < -0.3 is 0 Å². The van der Waals surface area contributed by atoms with E-state index in [1.54, 1.807) is 0 Å². The van der Waals surface area contributed by atoms with E-state index in [4.69, 9.17) is 0 Å². The Hall–Kier alpha value is -0.780. The molecule has 0 nitrogen and oxygen atoms in total. The van der Waals surface area contributed by atoms with Crippen molar-refractivity contribution in [3.05, 3.63) is 42.3 Å². The second kappa shape index (κ2) is 17.6. The first kappa shape index (κ1) is 23.3. The quantitative estimate of drug-likeness (QED) is 0.230. The van der Waals surface area contributed by atoms with E-state index in [2.05, 4.69) is 38.1 Å². The number of hydrogen-bond acceptors (Lipinski definition) is 0. The van der Waals surface area contributed by atoms with E-state index in [0.29, 0.717) is 0 Å². The highest BCUT2D eigenvalue weighted by atomic mass is 14.0. The summed E-state index contributed by atoms with van der Waals surface area (Å²) >= 11 is 0. The van der Waals surface area contributed by atoms with Gasteiger partial charge in [-0.2, -0.15) is 0 Å². The molecule has 0 heteroatoms.